The van der Waals surface area contributed by atoms with Gasteiger partial charge in [0.1, 0.15) is 6.61 Å². The van der Waals surface area contributed by atoms with Crippen molar-refractivity contribution < 1.29 is 22.3 Å². The van der Waals surface area contributed by atoms with Crippen LogP contribution in [-0.2, 0) is 6.61 Å². The van der Waals surface area contributed by atoms with Crippen LogP contribution in [0, 0.1) is 23.3 Å². The van der Waals surface area contributed by atoms with Crippen LogP contribution in [-0.4, -0.2) is 0 Å². The second-order valence-electron chi connectivity index (χ2n) is 3.94. The lowest BCUT2D eigenvalue weighted by Crippen LogP contribution is -2.04. The number of benzene rings is 2. The third-order valence-corrected chi connectivity index (χ3v) is 2.88. The Bertz CT molecular complexity index is 637. The van der Waals surface area contributed by atoms with Crippen molar-refractivity contribution >= 4 is 17.3 Å². The number of anilines is 1. The number of ether oxygens (including phenoxy) is 1. The molecule has 0 saturated heterocycles. The van der Waals surface area contributed by atoms with Crippen molar-refractivity contribution in [3.63, 3.8) is 0 Å². The first-order valence-corrected chi connectivity index (χ1v) is 5.77. The first-order chi connectivity index (χ1) is 9.40. The van der Waals surface area contributed by atoms with E-state index in [2.05, 4.69) is 0 Å². The molecule has 0 saturated carbocycles. The normalized spacial score (nSPS) is 10.7. The van der Waals surface area contributed by atoms with E-state index in [1.165, 1.54) is 18.2 Å². The standard InChI is InChI=1S/C13H8ClF4NO/c14-8-2-1-7(19)3-6(8)5-20-13-11(17)9(15)4-10(16)12(13)18/h1-4H,5,19H2. The summed E-state index contributed by atoms with van der Waals surface area (Å²) in [5, 5.41) is 0.247. The maximum atomic E-state index is 13.4. The average Bonchev–Trinajstić information content (AvgIpc) is 2.40. The van der Waals surface area contributed by atoms with Crippen LogP contribution in [0.4, 0.5) is 23.2 Å². The van der Waals surface area contributed by atoms with Crippen molar-refractivity contribution in [1.29, 1.82) is 0 Å². The van der Waals surface area contributed by atoms with Crippen LogP contribution in [0.3, 0.4) is 0 Å². The van der Waals surface area contributed by atoms with Crippen molar-refractivity contribution in [3.05, 3.63) is 58.1 Å². The molecule has 2 nitrogen and oxygen atoms in total. The summed E-state index contributed by atoms with van der Waals surface area (Å²) in [4.78, 5) is 0. The second kappa shape index (κ2) is 5.58. The highest BCUT2D eigenvalue weighted by Gasteiger charge is 2.20. The quantitative estimate of drug-likeness (QED) is 0.527. The molecule has 20 heavy (non-hydrogen) atoms. The van der Waals surface area contributed by atoms with E-state index in [0.29, 0.717) is 11.3 Å². The van der Waals surface area contributed by atoms with Gasteiger partial charge in [-0.25, -0.2) is 8.78 Å². The van der Waals surface area contributed by atoms with Crippen LogP contribution >= 0.6 is 11.6 Å². The fourth-order valence-corrected chi connectivity index (χ4v) is 1.71. The molecule has 0 amide bonds. The Morgan fingerprint density at radius 2 is 1.60 bits per heavy atom. The van der Waals surface area contributed by atoms with Crippen molar-refractivity contribution in [2.75, 3.05) is 5.73 Å². The molecule has 0 atom stereocenters. The smallest absolute Gasteiger partial charge is 0.203 e. The number of halogens is 5. The lowest BCUT2D eigenvalue weighted by molar-refractivity contribution is 0.262. The maximum Gasteiger partial charge on any atom is 0.203 e. The Hall–Kier alpha value is -1.95. The van der Waals surface area contributed by atoms with E-state index in [1.54, 1.807) is 0 Å². The Kier molecular flexibility index (Phi) is 4.04. The molecule has 0 unspecified atom stereocenters. The highest BCUT2D eigenvalue weighted by atomic mass is 35.5. The Morgan fingerprint density at radius 3 is 2.20 bits per heavy atom. The molecule has 0 radical (unpaired) electrons. The predicted octanol–water partition coefficient (Wildman–Crippen LogP) is 4.06. The summed E-state index contributed by atoms with van der Waals surface area (Å²) in [6, 6.07) is 4.52. The lowest BCUT2D eigenvalue weighted by Gasteiger charge is -2.11. The van der Waals surface area contributed by atoms with Gasteiger partial charge in [0, 0.05) is 22.3 Å². The highest BCUT2D eigenvalue weighted by Crippen LogP contribution is 2.28. The van der Waals surface area contributed by atoms with Crippen LogP contribution in [0.25, 0.3) is 0 Å². The largest absolute Gasteiger partial charge is 0.483 e. The molecule has 2 aromatic carbocycles. The fourth-order valence-electron chi connectivity index (χ4n) is 1.53. The van der Waals surface area contributed by atoms with Gasteiger partial charge in [-0.3, -0.25) is 0 Å². The number of nitrogens with two attached hydrogens (primary N) is 1. The minimum atomic E-state index is -1.61. The SMILES string of the molecule is Nc1ccc(Cl)c(COc2c(F)c(F)cc(F)c2F)c1. The molecule has 0 heterocycles. The molecule has 106 valence electrons. The second-order valence-corrected chi connectivity index (χ2v) is 4.34. The summed E-state index contributed by atoms with van der Waals surface area (Å²) in [5.41, 5.74) is 6.21. The third kappa shape index (κ3) is 2.80. The lowest BCUT2D eigenvalue weighted by atomic mass is 10.2. The monoisotopic (exact) mass is 305 g/mol. The van der Waals surface area contributed by atoms with Gasteiger partial charge in [-0.2, -0.15) is 8.78 Å². The summed E-state index contributed by atoms with van der Waals surface area (Å²) in [5.74, 6) is -7.44. The summed E-state index contributed by atoms with van der Waals surface area (Å²) < 4.78 is 57.5. The van der Waals surface area contributed by atoms with Gasteiger partial charge in [-0.05, 0) is 18.2 Å². The van der Waals surface area contributed by atoms with Crippen molar-refractivity contribution in [2.24, 2.45) is 0 Å². The molecule has 2 rings (SSSR count). The molecule has 0 fully saturated rings. The van der Waals surface area contributed by atoms with E-state index < -0.39 is 29.0 Å². The van der Waals surface area contributed by atoms with Crippen molar-refractivity contribution in [1.82, 2.24) is 0 Å². The maximum absolute atomic E-state index is 13.4. The fraction of sp³-hybridized carbons (Fsp3) is 0.0769. The van der Waals surface area contributed by atoms with Crippen molar-refractivity contribution in [2.45, 2.75) is 6.61 Å². The molecule has 0 aliphatic heterocycles. The molecule has 0 aliphatic carbocycles. The highest BCUT2D eigenvalue weighted by molar-refractivity contribution is 6.31. The summed E-state index contributed by atoms with van der Waals surface area (Å²) in [6.07, 6.45) is 0. The Morgan fingerprint density at radius 1 is 1.00 bits per heavy atom. The van der Waals surface area contributed by atoms with E-state index >= 15 is 0 Å². The van der Waals surface area contributed by atoms with Crippen LogP contribution in [0.15, 0.2) is 24.3 Å². The third-order valence-electron chi connectivity index (χ3n) is 2.51. The topological polar surface area (TPSA) is 35.2 Å². The molecule has 2 aromatic rings. The molecule has 0 aromatic heterocycles. The van der Waals surface area contributed by atoms with E-state index in [0.717, 1.165) is 0 Å². The van der Waals surface area contributed by atoms with Gasteiger partial charge in [0.05, 0.1) is 0 Å². The molecule has 7 heteroatoms. The number of hydrogen-bond donors (Lipinski definition) is 1. The Labute approximate surface area is 116 Å². The predicted molar refractivity (Wildman–Crippen MR) is 66.5 cm³/mol. The van der Waals surface area contributed by atoms with Gasteiger partial charge < -0.3 is 10.5 Å². The summed E-state index contributed by atoms with van der Waals surface area (Å²) in [7, 11) is 0. The molecule has 2 N–H and O–H groups in total. The number of rotatable bonds is 3. The average molecular weight is 306 g/mol. The van der Waals surface area contributed by atoms with Gasteiger partial charge in [0.25, 0.3) is 0 Å². The van der Waals surface area contributed by atoms with E-state index in [-0.39, 0.29) is 17.7 Å². The zero-order valence-electron chi connectivity index (χ0n) is 9.89. The van der Waals surface area contributed by atoms with Gasteiger partial charge in [0.2, 0.25) is 11.6 Å². The molecular weight excluding hydrogens is 298 g/mol. The number of nitrogen functional groups attached to an aromatic ring is 1. The Balaban J connectivity index is 2.30. The zero-order chi connectivity index (χ0) is 14.9. The van der Waals surface area contributed by atoms with Crippen LogP contribution < -0.4 is 10.5 Å². The first kappa shape index (κ1) is 14.5. The van der Waals surface area contributed by atoms with Crippen LogP contribution in [0.1, 0.15) is 5.56 Å². The molecular formula is C13H8ClF4NO. The van der Waals surface area contributed by atoms with Gasteiger partial charge in [-0.15, -0.1) is 0 Å². The van der Waals surface area contributed by atoms with E-state index in [1.807, 2.05) is 0 Å². The van der Waals surface area contributed by atoms with Crippen LogP contribution in [0.2, 0.25) is 5.02 Å². The minimum absolute atomic E-state index is 0.102. The van der Waals surface area contributed by atoms with E-state index in [9.17, 15) is 17.6 Å². The summed E-state index contributed by atoms with van der Waals surface area (Å²) >= 11 is 5.83. The van der Waals surface area contributed by atoms with Gasteiger partial charge in [0.15, 0.2) is 17.4 Å². The minimum Gasteiger partial charge on any atom is -0.483 e. The number of hydrogen-bond acceptors (Lipinski definition) is 2. The van der Waals surface area contributed by atoms with Gasteiger partial charge in [-0.1, -0.05) is 11.6 Å². The van der Waals surface area contributed by atoms with Crippen molar-refractivity contribution in [3.8, 4) is 5.75 Å². The molecule has 0 aliphatic rings. The van der Waals surface area contributed by atoms with Gasteiger partial charge >= 0.3 is 0 Å². The van der Waals surface area contributed by atoms with Crippen LogP contribution in [0.5, 0.6) is 5.75 Å². The first-order valence-electron chi connectivity index (χ1n) is 5.40. The molecule has 0 bridgehead atoms. The molecule has 0 spiro atoms. The summed E-state index contributed by atoms with van der Waals surface area (Å²) in [6.45, 7) is -0.388. The van der Waals surface area contributed by atoms with E-state index in [4.69, 9.17) is 22.1 Å². The zero-order valence-corrected chi connectivity index (χ0v) is 10.6.